The summed E-state index contributed by atoms with van der Waals surface area (Å²) in [6, 6.07) is 12.9. The molecule has 2 aromatic carbocycles. The van der Waals surface area contributed by atoms with Crippen LogP contribution in [0.2, 0.25) is 0 Å². The van der Waals surface area contributed by atoms with E-state index in [9.17, 15) is 4.79 Å². The van der Waals surface area contributed by atoms with Gasteiger partial charge in [-0.15, -0.1) is 0 Å². The molecule has 5 nitrogen and oxygen atoms in total. The Kier molecular flexibility index (Phi) is 6.83. The highest BCUT2D eigenvalue weighted by Gasteiger charge is 2.11. The van der Waals surface area contributed by atoms with Gasteiger partial charge < -0.3 is 19.9 Å². The highest BCUT2D eigenvalue weighted by molar-refractivity contribution is 5.87. The predicted molar refractivity (Wildman–Crippen MR) is 97.4 cm³/mol. The molecule has 2 rings (SSSR count). The molecule has 0 heterocycles. The van der Waals surface area contributed by atoms with Gasteiger partial charge in [0.15, 0.2) is 11.5 Å². The SMILES string of the molecule is CCCOc1ccc(C(C)NCc2ccc(C(=O)O)cc2)cc1OC. The van der Waals surface area contributed by atoms with E-state index in [-0.39, 0.29) is 6.04 Å². The van der Waals surface area contributed by atoms with E-state index in [4.69, 9.17) is 14.6 Å². The van der Waals surface area contributed by atoms with Crippen molar-refractivity contribution in [1.29, 1.82) is 0 Å². The summed E-state index contributed by atoms with van der Waals surface area (Å²) in [6.45, 7) is 5.45. The Morgan fingerprint density at radius 2 is 1.88 bits per heavy atom. The maximum atomic E-state index is 10.9. The van der Waals surface area contributed by atoms with Crippen LogP contribution in [-0.4, -0.2) is 24.8 Å². The fourth-order valence-electron chi connectivity index (χ4n) is 2.44. The van der Waals surface area contributed by atoms with E-state index in [0.717, 1.165) is 29.0 Å². The molecule has 0 aromatic heterocycles. The number of carboxylic acid groups (broad SMARTS) is 1. The Morgan fingerprint density at radius 3 is 2.48 bits per heavy atom. The molecule has 0 fully saturated rings. The lowest BCUT2D eigenvalue weighted by Gasteiger charge is -2.17. The average molecular weight is 343 g/mol. The first-order chi connectivity index (χ1) is 12.0. The van der Waals surface area contributed by atoms with Crippen LogP contribution < -0.4 is 14.8 Å². The first-order valence-electron chi connectivity index (χ1n) is 8.41. The number of benzene rings is 2. The summed E-state index contributed by atoms with van der Waals surface area (Å²) in [5, 5.41) is 12.4. The second kappa shape index (κ2) is 9.08. The Hall–Kier alpha value is -2.53. The van der Waals surface area contributed by atoms with Gasteiger partial charge in [0.2, 0.25) is 0 Å². The zero-order valence-electron chi connectivity index (χ0n) is 14.9. The molecular weight excluding hydrogens is 318 g/mol. The number of methoxy groups -OCH3 is 1. The minimum absolute atomic E-state index is 0.119. The molecule has 1 unspecified atom stereocenters. The van der Waals surface area contributed by atoms with Crippen molar-refractivity contribution in [2.45, 2.75) is 32.9 Å². The molecule has 134 valence electrons. The zero-order valence-corrected chi connectivity index (χ0v) is 14.9. The van der Waals surface area contributed by atoms with Crippen LogP contribution >= 0.6 is 0 Å². The summed E-state index contributed by atoms with van der Waals surface area (Å²) >= 11 is 0. The van der Waals surface area contributed by atoms with Crippen molar-refractivity contribution in [3.63, 3.8) is 0 Å². The van der Waals surface area contributed by atoms with Crippen LogP contribution in [0.5, 0.6) is 11.5 Å². The van der Waals surface area contributed by atoms with Gasteiger partial charge in [0, 0.05) is 12.6 Å². The fourth-order valence-corrected chi connectivity index (χ4v) is 2.44. The van der Waals surface area contributed by atoms with E-state index in [1.807, 2.05) is 30.3 Å². The van der Waals surface area contributed by atoms with Gasteiger partial charge in [-0.05, 0) is 48.7 Å². The Balaban J connectivity index is 2.00. The smallest absolute Gasteiger partial charge is 0.335 e. The lowest BCUT2D eigenvalue weighted by Crippen LogP contribution is -2.18. The predicted octanol–water partition coefficient (Wildman–Crippen LogP) is 4.03. The molecule has 0 aliphatic rings. The third kappa shape index (κ3) is 5.22. The molecule has 1 atom stereocenters. The van der Waals surface area contributed by atoms with Gasteiger partial charge in [-0.25, -0.2) is 4.79 Å². The number of carbonyl (C=O) groups is 1. The van der Waals surface area contributed by atoms with Crippen LogP contribution in [0.25, 0.3) is 0 Å². The summed E-state index contributed by atoms with van der Waals surface area (Å²) in [5.41, 5.74) is 2.43. The monoisotopic (exact) mass is 343 g/mol. The molecule has 0 aliphatic carbocycles. The van der Waals surface area contributed by atoms with Crippen molar-refractivity contribution < 1.29 is 19.4 Å². The van der Waals surface area contributed by atoms with Crippen molar-refractivity contribution in [3.8, 4) is 11.5 Å². The molecule has 5 heteroatoms. The number of rotatable bonds is 9. The third-order valence-electron chi connectivity index (χ3n) is 3.96. The van der Waals surface area contributed by atoms with Gasteiger partial charge in [-0.3, -0.25) is 0 Å². The second-order valence-electron chi connectivity index (χ2n) is 5.86. The summed E-state index contributed by atoms with van der Waals surface area (Å²) < 4.78 is 11.1. The van der Waals surface area contributed by atoms with Crippen LogP contribution in [0.4, 0.5) is 0 Å². The largest absolute Gasteiger partial charge is 0.493 e. The van der Waals surface area contributed by atoms with E-state index in [2.05, 4.69) is 19.2 Å². The minimum atomic E-state index is -0.912. The molecule has 0 radical (unpaired) electrons. The van der Waals surface area contributed by atoms with Gasteiger partial charge in [0.25, 0.3) is 0 Å². The molecule has 0 saturated heterocycles. The number of aromatic carboxylic acids is 1. The van der Waals surface area contributed by atoms with Crippen LogP contribution in [0, 0.1) is 0 Å². The highest BCUT2D eigenvalue weighted by atomic mass is 16.5. The second-order valence-corrected chi connectivity index (χ2v) is 5.86. The van der Waals surface area contributed by atoms with E-state index in [0.29, 0.717) is 18.7 Å². The molecule has 2 N–H and O–H groups in total. The number of hydrogen-bond donors (Lipinski definition) is 2. The molecule has 2 aromatic rings. The van der Waals surface area contributed by atoms with E-state index in [1.165, 1.54) is 0 Å². The van der Waals surface area contributed by atoms with E-state index in [1.54, 1.807) is 19.2 Å². The maximum absolute atomic E-state index is 10.9. The molecule has 0 saturated carbocycles. The first-order valence-corrected chi connectivity index (χ1v) is 8.41. The van der Waals surface area contributed by atoms with Crippen molar-refractivity contribution >= 4 is 5.97 Å². The average Bonchev–Trinajstić information content (AvgIpc) is 2.64. The van der Waals surface area contributed by atoms with Gasteiger partial charge in [0.05, 0.1) is 19.3 Å². The van der Waals surface area contributed by atoms with Gasteiger partial charge in [0.1, 0.15) is 0 Å². The summed E-state index contributed by atoms with van der Waals surface area (Å²) in [6.07, 6.45) is 0.948. The summed E-state index contributed by atoms with van der Waals surface area (Å²) in [4.78, 5) is 10.9. The molecule has 0 amide bonds. The van der Waals surface area contributed by atoms with Crippen molar-refractivity contribution in [3.05, 3.63) is 59.2 Å². The van der Waals surface area contributed by atoms with E-state index >= 15 is 0 Å². The highest BCUT2D eigenvalue weighted by Crippen LogP contribution is 2.30. The van der Waals surface area contributed by atoms with Crippen LogP contribution in [0.15, 0.2) is 42.5 Å². The van der Waals surface area contributed by atoms with Gasteiger partial charge in [-0.2, -0.15) is 0 Å². The standard InChI is InChI=1S/C20H25NO4/c1-4-11-25-18-10-9-17(12-19(18)24-3)14(2)21-13-15-5-7-16(8-6-15)20(22)23/h5-10,12,14,21H,4,11,13H2,1-3H3,(H,22,23). The quantitative estimate of drug-likeness (QED) is 0.719. The van der Waals surface area contributed by atoms with Crippen LogP contribution in [0.3, 0.4) is 0 Å². The number of ether oxygens (including phenoxy) is 2. The lowest BCUT2D eigenvalue weighted by atomic mass is 10.1. The Labute approximate surface area is 148 Å². The number of nitrogens with one attached hydrogen (secondary N) is 1. The molecule has 0 spiro atoms. The third-order valence-corrected chi connectivity index (χ3v) is 3.96. The van der Waals surface area contributed by atoms with Gasteiger partial charge >= 0.3 is 5.97 Å². The van der Waals surface area contributed by atoms with Crippen LogP contribution in [-0.2, 0) is 6.54 Å². The molecule has 0 bridgehead atoms. The fraction of sp³-hybridized carbons (Fsp3) is 0.350. The summed E-state index contributed by atoms with van der Waals surface area (Å²) in [7, 11) is 1.64. The zero-order chi connectivity index (χ0) is 18.2. The van der Waals surface area contributed by atoms with Crippen molar-refractivity contribution in [1.82, 2.24) is 5.32 Å². The maximum Gasteiger partial charge on any atom is 0.335 e. The normalized spacial score (nSPS) is 11.8. The molecule has 0 aliphatic heterocycles. The number of carboxylic acids is 1. The van der Waals surface area contributed by atoms with Crippen molar-refractivity contribution in [2.75, 3.05) is 13.7 Å². The van der Waals surface area contributed by atoms with E-state index < -0.39 is 5.97 Å². The summed E-state index contributed by atoms with van der Waals surface area (Å²) in [5.74, 6) is 0.570. The molecular formula is C20H25NO4. The Bertz CT molecular complexity index is 697. The molecule has 25 heavy (non-hydrogen) atoms. The Morgan fingerprint density at radius 1 is 1.16 bits per heavy atom. The first kappa shape index (κ1) is 18.8. The van der Waals surface area contributed by atoms with Crippen molar-refractivity contribution in [2.24, 2.45) is 0 Å². The number of hydrogen-bond acceptors (Lipinski definition) is 4. The lowest BCUT2D eigenvalue weighted by molar-refractivity contribution is 0.0697. The van der Waals surface area contributed by atoms with Crippen LogP contribution in [0.1, 0.15) is 47.8 Å². The minimum Gasteiger partial charge on any atom is -0.493 e. The van der Waals surface area contributed by atoms with Gasteiger partial charge in [-0.1, -0.05) is 25.1 Å². The topological polar surface area (TPSA) is 67.8 Å².